The Labute approximate surface area is 85.5 Å². The van der Waals surface area contributed by atoms with E-state index in [4.69, 9.17) is 14.6 Å². The Morgan fingerprint density at radius 3 is 2.07 bits per heavy atom. The van der Waals surface area contributed by atoms with Crippen molar-refractivity contribution in [3.8, 4) is 11.5 Å². The van der Waals surface area contributed by atoms with E-state index in [0.29, 0.717) is 0 Å². The molecule has 0 saturated heterocycles. The van der Waals surface area contributed by atoms with E-state index in [2.05, 4.69) is 4.98 Å². The Morgan fingerprint density at radius 1 is 1.27 bits per heavy atom. The Hall–Kier alpha value is -1.43. The summed E-state index contributed by atoms with van der Waals surface area (Å²) in [7, 11) is 2.49. The molecule has 0 aliphatic rings. The second-order valence-corrected chi connectivity index (χ2v) is 2.78. The third-order valence-electron chi connectivity index (χ3n) is 1.88. The first kappa shape index (κ1) is 11.6. The second-order valence-electron chi connectivity index (χ2n) is 2.78. The number of alkyl halides is 2. The molecule has 84 valence electrons. The predicted molar refractivity (Wildman–Crippen MR) is 48.3 cm³/mol. The molecule has 1 aromatic heterocycles. The molecule has 0 spiro atoms. The molecule has 1 heterocycles. The highest BCUT2D eigenvalue weighted by molar-refractivity contribution is 5.45. The van der Waals surface area contributed by atoms with Crippen LogP contribution in [0.2, 0.25) is 0 Å². The van der Waals surface area contributed by atoms with Crippen molar-refractivity contribution in [1.29, 1.82) is 0 Å². The number of nitrogens with zero attached hydrogens (tertiary/aromatic N) is 1. The molecule has 0 atom stereocenters. The average molecular weight is 219 g/mol. The number of pyridine rings is 1. The fraction of sp³-hybridized carbons (Fsp3) is 0.444. The SMILES string of the molecule is COc1cncc(OC)c1C(F)(F)CO. The van der Waals surface area contributed by atoms with Crippen molar-refractivity contribution in [1.82, 2.24) is 4.98 Å². The molecule has 4 nitrogen and oxygen atoms in total. The van der Waals surface area contributed by atoms with Gasteiger partial charge in [0.05, 0.1) is 26.6 Å². The van der Waals surface area contributed by atoms with Crippen LogP contribution in [0.25, 0.3) is 0 Å². The molecule has 0 fully saturated rings. The Morgan fingerprint density at radius 2 is 1.73 bits per heavy atom. The van der Waals surface area contributed by atoms with Crippen LogP contribution in [-0.4, -0.2) is 30.9 Å². The minimum absolute atomic E-state index is 0.117. The summed E-state index contributed by atoms with van der Waals surface area (Å²) in [6.07, 6.45) is 2.28. The van der Waals surface area contributed by atoms with Crippen LogP contribution >= 0.6 is 0 Å². The van der Waals surface area contributed by atoms with Crippen molar-refractivity contribution >= 4 is 0 Å². The molecule has 15 heavy (non-hydrogen) atoms. The lowest BCUT2D eigenvalue weighted by Crippen LogP contribution is -2.20. The topological polar surface area (TPSA) is 51.6 Å². The lowest BCUT2D eigenvalue weighted by molar-refractivity contribution is -0.0587. The van der Waals surface area contributed by atoms with Gasteiger partial charge in [-0.2, -0.15) is 8.78 Å². The summed E-state index contributed by atoms with van der Waals surface area (Å²) in [4.78, 5) is 3.67. The predicted octanol–water partition coefficient (Wildman–Crippen LogP) is 1.18. The quantitative estimate of drug-likeness (QED) is 0.826. The molecular weight excluding hydrogens is 208 g/mol. The third-order valence-corrected chi connectivity index (χ3v) is 1.88. The van der Waals surface area contributed by atoms with Gasteiger partial charge in [-0.05, 0) is 0 Å². The van der Waals surface area contributed by atoms with E-state index >= 15 is 0 Å². The van der Waals surface area contributed by atoms with Gasteiger partial charge in [-0.3, -0.25) is 4.98 Å². The molecule has 0 aliphatic heterocycles. The maximum Gasteiger partial charge on any atom is 0.303 e. The van der Waals surface area contributed by atoms with Crippen LogP contribution in [0.1, 0.15) is 5.56 Å². The second kappa shape index (κ2) is 4.39. The maximum absolute atomic E-state index is 13.3. The lowest BCUT2D eigenvalue weighted by atomic mass is 10.1. The normalized spacial score (nSPS) is 11.3. The summed E-state index contributed by atoms with van der Waals surface area (Å²) >= 11 is 0. The van der Waals surface area contributed by atoms with Crippen LogP contribution in [0.3, 0.4) is 0 Å². The summed E-state index contributed by atoms with van der Waals surface area (Å²) < 4.78 is 36.2. The van der Waals surface area contributed by atoms with Crippen molar-refractivity contribution in [3.05, 3.63) is 18.0 Å². The molecule has 0 saturated carbocycles. The summed E-state index contributed by atoms with van der Waals surface area (Å²) in [5.74, 6) is -3.65. The van der Waals surface area contributed by atoms with Crippen LogP contribution in [0.15, 0.2) is 12.4 Å². The van der Waals surface area contributed by atoms with E-state index in [-0.39, 0.29) is 11.5 Å². The molecule has 0 aliphatic carbocycles. The third kappa shape index (κ3) is 2.15. The van der Waals surface area contributed by atoms with E-state index in [1.165, 1.54) is 14.2 Å². The summed E-state index contributed by atoms with van der Waals surface area (Å²) in [6, 6.07) is 0. The van der Waals surface area contributed by atoms with E-state index in [1.54, 1.807) is 0 Å². The lowest BCUT2D eigenvalue weighted by Gasteiger charge is -2.19. The number of halogens is 2. The van der Waals surface area contributed by atoms with Gasteiger partial charge in [0.25, 0.3) is 0 Å². The number of methoxy groups -OCH3 is 2. The number of aromatic nitrogens is 1. The minimum Gasteiger partial charge on any atom is -0.494 e. The van der Waals surface area contributed by atoms with Crippen LogP contribution in [0.4, 0.5) is 8.78 Å². The van der Waals surface area contributed by atoms with Crippen molar-refractivity contribution in [3.63, 3.8) is 0 Å². The van der Waals surface area contributed by atoms with Gasteiger partial charge in [0.1, 0.15) is 23.7 Å². The molecule has 0 bridgehead atoms. The van der Waals surface area contributed by atoms with Gasteiger partial charge >= 0.3 is 5.92 Å². The molecule has 1 aromatic rings. The largest absolute Gasteiger partial charge is 0.494 e. The molecular formula is C9H11F2NO3. The van der Waals surface area contributed by atoms with Crippen LogP contribution in [0.5, 0.6) is 11.5 Å². The van der Waals surface area contributed by atoms with Crippen molar-refractivity contribution in [2.75, 3.05) is 20.8 Å². The molecule has 0 amide bonds. The zero-order valence-electron chi connectivity index (χ0n) is 8.33. The van der Waals surface area contributed by atoms with Crippen molar-refractivity contribution < 1.29 is 23.4 Å². The van der Waals surface area contributed by atoms with Crippen LogP contribution < -0.4 is 9.47 Å². The Balaban J connectivity index is 3.34. The summed E-state index contributed by atoms with van der Waals surface area (Å²) in [6.45, 7) is -1.32. The molecule has 6 heteroatoms. The maximum atomic E-state index is 13.3. The van der Waals surface area contributed by atoms with Crippen molar-refractivity contribution in [2.24, 2.45) is 0 Å². The van der Waals surface area contributed by atoms with Gasteiger partial charge in [0.2, 0.25) is 0 Å². The molecule has 0 radical (unpaired) electrons. The highest BCUT2D eigenvalue weighted by Crippen LogP contribution is 2.40. The number of aliphatic hydroxyl groups excluding tert-OH is 1. The molecule has 1 N–H and O–H groups in total. The van der Waals surface area contributed by atoms with Gasteiger partial charge in [0, 0.05) is 0 Å². The zero-order valence-corrected chi connectivity index (χ0v) is 8.33. The smallest absolute Gasteiger partial charge is 0.303 e. The Bertz CT molecular complexity index is 322. The van der Waals surface area contributed by atoms with E-state index in [0.717, 1.165) is 12.4 Å². The molecule has 1 rings (SSSR count). The molecule has 0 unspecified atom stereocenters. The fourth-order valence-electron chi connectivity index (χ4n) is 1.17. The van der Waals surface area contributed by atoms with Gasteiger partial charge < -0.3 is 14.6 Å². The van der Waals surface area contributed by atoms with Gasteiger partial charge in [-0.25, -0.2) is 0 Å². The number of aliphatic hydroxyl groups is 1. The number of ether oxygens (including phenoxy) is 2. The van der Waals surface area contributed by atoms with E-state index < -0.39 is 18.1 Å². The zero-order chi connectivity index (χ0) is 11.5. The number of rotatable bonds is 4. The summed E-state index contributed by atoms with van der Waals surface area (Å²) in [5, 5.41) is 8.61. The number of hydrogen-bond acceptors (Lipinski definition) is 4. The average Bonchev–Trinajstić information content (AvgIpc) is 2.27. The monoisotopic (exact) mass is 219 g/mol. The van der Waals surface area contributed by atoms with Crippen LogP contribution in [0, 0.1) is 0 Å². The van der Waals surface area contributed by atoms with Crippen molar-refractivity contribution in [2.45, 2.75) is 5.92 Å². The standard InChI is InChI=1S/C9H11F2NO3/c1-14-6-3-12-4-7(15-2)8(6)9(10,11)5-13/h3-4,13H,5H2,1-2H3. The van der Waals surface area contributed by atoms with Gasteiger partial charge in [-0.15, -0.1) is 0 Å². The van der Waals surface area contributed by atoms with Gasteiger partial charge in [0.15, 0.2) is 0 Å². The highest BCUT2D eigenvalue weighted by atomic mass is 19.3. The first-order chi connectivity index (χ1) is 7.06. The van der Waals surface area contributed by atoms with Gasteiger partial charge in [-0.1, -0.05) is 0 Å². The fourth-order valence-corrected chi connectivity index (χ4v) is 1.17. The summed E-state index contributed by atoms with van der Waals surface area (Å²) in [5.41, 5.74) is -0.495. The highest BCUT2D eigenvalue weighted by Gasteiger charge is 2.37. The molecule has 0 aromatic carbocycles. The first-order valence-electron chi connectivity index (χ1n) is 4.12. The van der Waals surface area contributed by atoms with E-state index in [9.17, 15) is 8.78 Å². The Kier molecular flexibility index (Phi) is 3.41. The first-order valence-corrected chi connectivity index (χ1v) is 4.12. The van der Waals surface area contributed by atoms with Crippen LogP contribution in [-0.2, 0) is 5.92 Å². The number of hydrogen-bond donors (Lipinski definition) is 1. The minimum atomic E-state index is -3.42. The van der Waals surface area contributed by atoms with E-state index in [1.807, 2.05) is 0 Å².